The molecule has 0 atom stereocenters. The second-order valence-electron chi connectivity index (χ2n) is 10.4. The number of phenolic OH excluding ortho intramolecular Hbond substituents is 1. The molecule has 0 aliphatic heterocycles. The molecule has 0 bridgehead atoms. The monoisotopic (exact) mass is 488 g/mol. The third-order valence-corrected chi connectivity index (χ3v) is 7.91. The van der Waals surface area contributed by atoms with Crippen molar-refractivity contribution in [2.75, 3.05) is 0 Å². The molecule has 7 rings (SSSR count). The van der Waals surface area contributed by atoms with Gasteiger partial charge >= 0.3 is 0 Å². The van der Waals surface area contributed by atoms with E-state index >= 15 is 0 Å². The summed E-state index contributed by atoms with van der Waals surface area (Å²) in [6.45, 7) is 2.13. The molecule has 0 saturated heterocycles. The van der Waals surface area contributed by atoms with Gasteiger partial charge in [0.25, 0.3) is 0 Å². The highest BCUT2D eigenvalue weighted by Gasteiger charge is 2.16. The van der Waals surface area contributed by atoms with E-state index in [0.29, 0.717) is 18.6 Å². The molecule has 0 heterocycles. The number of aryl methyl sites for hydroxylation is 1. The molecule has 0 aliphatic rings. The Hall–Kier alpha value is -4.62. The highest BCUT2D eigenvalue weighted by atomic mass is 16.3. The topological polar surface area (TPSA) is 20.2 Å². The van der Waals surface area contributed by atoms with Crippen LogP contribution < -0.4 is 0 Å². The average molecular weight is 489 g/mol. The number of rotatable bonds is 4. The van der Waals surface area contributed by atoms with Crippen molar-refractivity contribution < 1.29 is 5.11 Å². The maximum absolute atomic E-state index is 11.7. The van der Waals surface area contributed by atoms with Crippen LogP contribution in [0, 0.1) is 6.92 Å². The molecule has 0 spiro atoms. The van der Waals surface area contributed by atoms with Crippen LogP contribution >= 0.6 is 0 Å². The summed E-state index contributed by atoms with van der Waals surface area (Å²) in [5.41, 5.74) is 5.65. The Morgan fingerprint density at radius 3 is 1.11 bits per heavy atom. The Morgan fingerprint density at radius 1 is 0.447 bits per heavy atom. The number of benzene rings is 7. The zero-order valence-corrected chi connectivity index (χ0v) is 21.4. The van der Waals surface area contributed by atoms with Gasteiger partial charge in [0, 0.05) is 12.8 Å². The van der Waals surface area contributed by atoms with E-state index in [9.17, 15) is 5.11 Å². The number of hydrogen-bond donors (Lipinski definition) is 1. The lowest BCUT2D eigenvalue weighted by Gasteiger charge is -2.17. The summed E-state index contributed by atoms with van der Waals surface area (Å²) in [6, 6.07) is 43.2. The molecule has 0 unspecified atom stereocenters. The van der Waals surface area contributed by atoms with Gasteiger partial charge in [0.15, 0.2) is 0 Å². The van der Waals surface area contributed by atoms with Gasteiger partial charge in [0.05, 0.1) is 0 Å². The third-order valence-electron chi connectivity index (χ3n) is 7.91. The second-order valence-corrected chi connectivity index (χ2v) is 10.4. The van der Waals surface area contributed by atoms with Gasteiger partial charge in [0.2, 0.25) is 0 Å². The van der Waals surface area contributed by atoms with Crippen LogP contribution in [0.15, 0.2) is 121 Å². The summed E-state index contributed by atoms with van der Waals surface area (Å²) in [7, 11) is 0. The van der Waals surface area contributed by atoms with Crippen molar-refractivity contribution in [1.29, 1.82) is 0 Å². The summed E-state index contributed by atoms with van der Waals surface area (Å²) in [6.07, 6.45) is 1.36. The first-order valence-corrected chi connectivity index (χ1v) is 13.3. The molecule has 0 saturated carbocycles. The molecule has 1 nitrogen and oxygen atoms in total. The smallest absolute Gasteiger partial charge is 0.122 e. The summed E-state index contributed by atoms with van der Waals surface area (Å²) in [4.78, 5) is 0. The molecule has 0 aromatic heterocycles. The summed E-state index contributed by atoms with van der Waals surface area (Å²) in [5.74, 6) is 0.407. The van der Waals surface area contributed by atoms with E-state index in [1.807, 2.05) is 0 Å². The Labute approximate surface area is 222 Å². The van der Waals surface area contributed by atoms with Crippen molar-refractivity contribution in [2.24, 2.45) is 0 Å². The minimum absolute atomic E-state index is 0.407. The fourth-order valence-corrected chi connectivity index (χ4v) is 6.18. The standard InChI is InChI=1S/C37H28O/c1-24-18-29(22-35-31-14-6-2-10-25(31)20-26-11-3-7-15-32(26)35)37(38)30(19-24)23-36-33-16-8-4-12-27(33)21-28-13-5-9-17-34(28)36/h2-21,38H,22-23H2,1H3. The molecule has 0 fully saturated rings. The van der Waals surface area contributed by atoms with Gasteiger partial charge in [-0.3, -0.25) is 0 Å². The number of fused-ring (bicyclic) bond motifs is 4. The van der Waals surface area contributed by atoms with Crippen molar-refractivity contribution in [3.05, 3.63) is 149 Å². The maximum atomic E-state index is 11.7. The Kier molecular flexibility index (Phi) is 5.37. The second kappa shape index (κ2) is 9.04. The Morgan fingerprint density at radius 2 is 0.763 bits per heavy atom. The maximum Gasteiger partial charge on any atom is 0.122 e. The molecule has 0 amide bonds. The fraction of sp³-hybridized carbons (Fsp3) is 0.0811. The van der Waals surface area contributed by atoms with Crippen LogP contribution in [0.25, 0.3) is 43.1 Å². The molecule has 1 heteroatoms. The minimum Gasteiger partial charge on any atom is -0.507 e. The van der Waals surface area contributed by atoms with Crippen LogP contribution in [-0.4, -0.2) is 5.11 Å². The highest BCUT2D eigenvalue weighted by Crippen LogP contribution is 2.37. The van der Waals surface area contributed by atoms with Gasteiger partial charge in [-0.1, -0.05) is 115 Å². The van der Waals surface area contributed by atoms with Crippen molar-refractivity contribution in [3.63, 3.8) is 0 Å². The summed E-state index contributed by atoms with van der Waals surface area (Å²) < 4.78 is 0. The van der Waals surface area contributed by atoms with E-state index < -0.39 is 0 Å². The first-order valence-electron chi connectivity index (χ1n) is 13.3. The van der Waals surface area contributed by atoms with Crippen LogP contribution in [-0.2, 0) is 12.8 Å². The normalized spacial score (nSPS) is 11.6. The van der Waals surface area contributed by atoms with Crippen molar-refractivity contribution in [3.8, 4) is 5.75 Å². The first-order chi connectivity index (χ1) is 18.7. The predicted molar refractivity (Wildman–Crippen MR) is 161 cm³/mol. The van der Waals surface area contributed by atoms with Crippen molar-refractivity contribution >= 4 is 43.1 Å². The van der Waals surface area contributed by atoms with Crippen LogP contribution in [0.1, 0.15) is 27.8 Å². The van der Waals surface area contributed by atoms with Crippen LogP contribution in [0.3, 0.4) is 0 Å². The van der Waals surface area contributed by atoms with Crippen LogP contribution in [0.2, 0.25) is 0 Å². The average Bonchev–Trinajstić information content (AvgIpc) is 2.95. The molecule has 1 N–H and O–H groups in total. The van der Waals surface area contributed by atoms with Crippen LogP contribution in [0.4, 0.5) is 0 Å². The predicted octanol–water partition coefficient (Wildman–Crippen LogP) is 9.50. The van der Waals surface area contributed by atoms with E-state index in [0.717, 1.165) is 11.1 Å². The zero-order valence-electron chi connectivity index (χ0n) is 21.4. The van der Waals surface area contributed by atoms with Gasteiger partial charge in [0.1, 0.15) is 5.75 Å². The zero-order chi connectivity index (χ0) is 25.6. The van der Waals surface area contributed by atoms with E-state index in [1.54, 1.807) is 0 Å². The third kappa shape index (κ3) is 3.79. The molecule has 0 radical (unpaired) electrons. The number of aromatic hydroxyl groups is 1. The number of hydrogen-bond acceptors (Lipinski definition) is 1. The quantitative estimate of drug-likeness (QED) is 0.245. The van der Waals surface area contributed by atoms with E-state index in [1.165, 1.54) is 59.8 Å². The minimum atomic E-state index is 0.407. The lowest BCUT2D eigenvalue weighted by atomic mass is 9.88. The van der Waals surface area contributed by atoms with Gasteiger partial charge in [-0.15, -0.1) is 0 Å². The van der Waals surface area contributed by atoms with E-state index in [-0.39, 0.29) is 0 Å². The molecule has 0 aliphatic carbocycles. The lowest BCUT2D eigenvalue weighted by molar-refractivity contribution is 0.463. The molecule has 7 aromatic carbocycles. The van der Waals surface area contributed by atoms with Gasteiger partial charge < -0.3 is 5.11 Å². The molecular weight excluding hydrogens is 460 g/mol. The SMILES string of the molecule is Cc1cc(Cc2c3ccccc3cc3ccccc23)c(O)c(Cc2c3ccccc3cc3ccccc23)c1. The van der Waals surface area contributed by atoms with Crippen LogP contribution in [0.5, 0.6) is 5.75 Å². The molecule has 182 valence electrons. The lowest BCUT2D eigenvalue weighted by Crippen LogP contribution is -1.99. The van der Waals surface area contributed by atoms with E-state index in [2.05, 4.69) is 128 Å². The molecular formula is C37H28O. The highest BCUT2D eigenvalue weighted by molar-refractivity contribution is 6.03. The largest absolute Gasteiger partial charge is 0.507 e. The summed E-state index contributed by atoms with van der Waals surface area (Å²) >= 11 is 0. The van der Waals surface area contributed by atoms with Crippen molar-refractivity contribution in [1.82, 2.24) is 0 Å². The summed E-state index contributed by atoms with van der Waals surface area (Å²) in [5, 5.41) is 21.6. The van der Waals surface area contributed by atoms with E-state index in [4.69, 9.17) is 0 Å². The molecule has 38 heavy (non-hydrogen) atoms. The van der Waals surface area contributed by atoms with Gasteiger partial charge in [-0.25, -0.2) is 0 Å². The van der Waals surface area contributed by atoms with Gasteiger partial charge in [-0.2, -0.15) is 0 Å². The Bertz CT molecular complexity index is 1750. The first kappa shape index (κ1) is 22.6. The van der Waals surface area contributed by atoms with Crippen molar-refractivity contribution in [2.45, 2.75) is 19.8 Å². The Balaban J connectivity index is 1.40. The molecule has 7 aromatic rings. The number of phenols is 1. The van der Waals surface area contributed by atoms with Gasteiger partial charge in [-0.05, 0) is 84.4 Å². The fourth-order valence-electron chi connectivity index (χ4n) is 6.18.